The van der Waals surface area contributed by atoms with E-state index in [4.69, 9.17) is 4.98 Å². The van der Waals surface area contributed by atoms with E-state index in [1.807, 2.05) is 48.3 Å². The van der Waals surface area contributed by atoms with Gasteiger partial charge in [-0.25, -0.2) is 15.0 Å². The Morgan fingerprint density at radius 1 is 0.967 bits per heavy atom. The van der Waals surface area contributed by atoms with Crippen LogP contribution in [0, 0.1) is 0 Å². The summed E-state index contributed by atoms with van der Waals surface area (Å²) < 4.78 is 1.71. The largest absolute Gasteiger partial charge is 0.337 e. The van der Waals surface area contributed by atoms with E-state index in [0.717, 1.165) is 16.6 Å². The monoisotopic (exact) mass is 399 g/mol. The van der Waals surface area contributed by atoms with Crippen molar-refractivity contribution in [2.45, 2.75) is 0 Å². The Labute approximate surface area is 173 Å². The lowest BCUT2D eigenvalue weighted by atomic mass is 10.1. The molecule has 0 radical (unpaired) electrons. The average molecular weight is 399 g/mol. The van der Waals surface area contributed by atoms with Crippen LogP contribution in [0.1, 0.15) is 10.4 Å². The molecule has 1 saturated heterocycles. The molecule has 4 heterocycles. The van der Waals surface area contributed by atoms with Crippen LogP contribution < -0.4 is 4.90 Å². The van der Waals surface area contributed by atoms with E-state index < -0.39 is 0 Å². The van der Waals surface area contributed by atoms with Crippen LogP contribution in [-0.2, 0) is 7.05 Å². The topological polar surface area (TPSA) is 80.0 Å². The van der Waals surface area contributed by atoms with E-state index in [1.165, 1.54) is 0 Å². The highest BCUT2D eigenvalue weighted by Crippen LogP contribution is 2.26. The summed E-state index contributed by atoms with van der Waals surface area (Å²) in [5.74, 6) is 0.704. The fourth-order valence-electron chi connectivity index (χ4n) is 3.78. The lowest BCUT2D eigenvalue weighted by molar-refractivity contribution is 0.0748. The zero-order chi connectivity index (χ0) is 20.5. The minimum atomic E-state index is 0.00112. The van der Waals surface area contributed by atoms with Crippen LogP contribution in [0.15, 0.2) is 61.1 Å². The van der Waals surface area contributed by atoms with Crippen molar-refractivity contribution in [3.05, 3.63) is 66.6 Å². The quantitative estimate of drug-likeness (QED) is 0.526. The Morgan fingerprint density at radius 3 is 2.43 bits per heavy atom. The van der Waals surface area contributed by atoms with E-state index in [1.54, 1.807) is 29.3 Å². The first-order valence-corrected chi connectivity index (χ1v) is 9.90. The van der Waals surface area contributed by atoms with Crippen LogP contribution in [0.25, 0.3) is 22.3 Å². The number of carbonyl (C=O) groups excluding carboxylic acids is 1. The van der Waals surface area contributed by atoms with Gasteiger partial charge in [-0.3, -0.25) is 9.48 Å². The second kappa shape index (κ2) is 7.55. The number of rotatable bonds is 3. The van der Waals surface area contributed by atoms with Crippen molar-refractivity contribution < 1.29 is 4.79 Å². The van der Waals surface area contributed by atoms with Gasteiger partial charge in [0.05, 0.1) is 22.8 Å². The molecule has 0 aliphatic carbocycles. The van der Waals surface area contributed by atoms with Crippen LogP contribution in [0.3, 0.4) is 0 Å². The summed E-state index contributed by atoms with van der Waals surface area (Å²) in [4.78, 5) is 30.8. The predicted molar refractivity (Wildman–Crippen MR) is 114 cm³/mol. The number of nitrogens with zero attached hydrogens (tertiary/aromatic N) is 7. The molecule has 150 valence electrons. The second-order valence-electron chi connectivity index (χ2n) is 7.25. The normalized spacial score (nSPS) is 14.3. The second-order valence-corrected chi connectivity index (χ2v) is 7.25. The fraction of sp³-hybridized carbons (Fsp3) is 0.227. The summed E-state index contributed by atoms with van der Waals surface area (Å²) in [7, 11) is 1.84. The van der Waals surface area contributed by atoms with Gasteiger partial charge in [0.1, 0.15) is 0 Å². The third kappa shape index (κ3) is 3.26. The molecular weight excluding hydrogens is 378 g/mol. The summed E-state index contributed by atoms with van der Waals surface area (Å²) >= 11 is 0. The molecule has 0 bridgehead atoms. The van der Waals surface area contributed by atoms with Crippen molar-refractivity contribution in [3.8, 4) is 11.3 Å². The molecule has 8 heteroatoms. The number of amides is 1. The molecular formula is C22H21N7O. The third-order valence-electron chi connectivity index (χ3n) is 5.41. The lowest BCUT2D eigenvalue weighted by Gasteiger charge is -2.34. The number of carbonyl (C=O) groups is 1. The molecule has 1 aliphatic rings. The van der Waals surface area contributed by atoms with Gasteiger partial charge in [0, 0.05) is 51.2 Å². The maximum absolute atomic E-state index is 13.5. The average Bonchev–Trinajstić information content (AvgIpc) is 3.20. The molecule has 0 spiro atoms. The number of hydrogen-bond acceptors (Lipinski definition) is 6. The molecule has 0 atom stereocenters. The van der Waals surface area contributed by atoms with Crippen molar-refractivity contribution in [1.82, 2.24) is 29.6 Å². The van der Waals surface area contributed by atoms with Gasteiger partial charge in [0.15, 0.2) is 5.65 Å². The van der Waals surface area contributed by atoms with E-state index in [9.17, 15) is 4.79 Å². The van der Waals surface area contributed by atoms with Crippen molar-refractivity contribution >= 4 is 22.9 Å². The van der Waals surface area contributed by atoms with Gasteiger partial charge in [0.25, 0.3) is 5.91 Å². The van der Waals surface area contributed by atoms with Crippen LogP contribution in [0.4, 0.5) is 5.95 Å². The van der Waals surface area contributed by atoms with E-state index in [2.05, 4.69) is 20.0 Å². The van der Waals surface area contributed by atoms with E-state index in [0.29, 0.717) is 43.3 Å². The highest BCUT2D eigenvalue weighted by atomic mass is 16.2. The van der Waals surface area contributed by atoms with Crippen molar-refractivity contribution in [2.75, 3.05) is 31.1 Å². The number of aromatic nitrogens is 5. The van der Waals surface area contributed by atoms with Crippen LogP contribution in [0.2, 0.25) is 0 Å². The molecule has 0 N–H and O–H groups in total. The summed E-state index contributed by atoms with van der Waals surface area (Å²) in [6, 6.07) is 13.6. The fourth-order valence-corrected chi connectivity index (χ4v) is 3.78. The predicted octanol–water partition coefficient (Wildman–Crippen LogP) is 2.39. The van der Waals surface area contributed by atoms with Gasteiger partial charge >= 0.3 is 0 Å². The maximum Gasteiger partial charge on any atom is 0.254 e. The SMILES string of the molecule is Cn1ncc2c(C(=O)N3CCN(c4ncccn4)CC3)cc(-c3ccccc3)nc21. The smallest absolute Gasteiger partial charge is 0.254 e. The van der Waals surface area contributed by atoms with E-state index >= 15 is 0 Å². The zero-order valence-corrected chi connectivity index (χ0v) is 16.6. The number of aryl methyl sites for hydroxylation is 1. The molecule has 8 nitrogen and oxygen atoms in total. The van der Waals surface area contributed by atoms with Crippen molar-refractivity contribution in [1.29, 1.82) is 0 Å². The van der Waals surface area contributed by atoms with Gasteiger partial charge in [0.2, 0.25) is 5.95 Å². The minimum Gasteiger partial charge on any atom is -0.337 e. The molecule has 3 aromatic heterocycles. The third-order valence-corrected chi connectivity index (χ3v) is 5.41. The number of anilines is 1. The van der Waals surface area contributed by atoms with Crippen LogP contribution in [0.5, 0.6) is 0 Å². The number of fused-ring (bicyclic) bond motifs is 1. The molecule has 5 rings (SSSR count). The molecule has 1 fully saturated rings. The van der Waals surface area contributed by atoms with Gasteiger partial charge in [-0.2, -0.15) is 5.10 Å². The number of piperazine rings is 1. The molecule has 1 aliphatic heterocycles. The highest BCUT2D eigenvalue weighted by Gasteiger charge is 2.26. The maximum atomic E-state index is 13.5. The molecule has 1 aromatic carbocycles. The first-order chi connectivity index (χ1) is 14.7. The summed E-state index contributed by atoms with van der Waals surface area (Å²) in [6.45, 7) is 2.62. The standard InChI is InChI=1S/C22H21N7O/c1-27-20-18(15-25-27)17(14-19(26-20)16-6-3-2-4-7-16)21(30)28-10-12-29(13-11-28)22-23-8-5-9-24-22/h2-9,14-15H,10-13H2,1H3. The first-order valence-electron chi connectivity index (χ1n) is 9.90. The first kappa shape index (κ1) is 18.2. The number of pyridine rings is 1. The molecule has 0 unspecified atom stereocenters. The van der Waals surface area contributed by atoms with Gasteiger partial charge < -0.3 is 9.80 Å². The van der Waals surface area contributed by atoms with Gasteiger partial charge in [-0.1, -0.05) is 30.3 Å². The van der Waals surface area contributed by atoms with Gasteiger partial charge in [-0.05, 0) is 12.1 Å². The Morgan fingerprint density at radius 2 is 1.70 bits per heavy atom. The van der Waals surface area contributed by atoms with Crippen molar-refractivity contribution in [3.63, 3.8) is 0 Å². The zero-order valence-electron chi connectivity index (χ0n) is 16.6. The van der Waals surface area contributed by atoms with E-state index in [-0.39, 0.29) is 5.91 Å². The molecule has 1 amide bonds. The van der Waals surface area contributed by atoms with Gasteiger partial charge in [-0.15, -0.1) is 0 Å². The number of benzene rings is 1. The van der Waals surface area contributed by atoms with Crippen molar-refractivity contribution in [2.24, 2.45) is 7.05 Å². The Hall–Kier alpha value is -3.81. The molecule has 0 saturated carbocycles. The Balaban J connectivity index is 1.45. The number of hydrogen-bond donors (Lipinski definition) is 0. The summed E-state index contributed by atoms with van der Waals surface area (Å²) in [6.07, 6.45) is 5.19. The highest BCUT2D eigenvalue weighted by molar-refractivity contribution is 6.06. The van der Waals surface area contributed by atoms with Crippen LogP contribution in [-0.4, -0.2) is 61.7 Å². The minimum absolute atomic E-state index is 0.00112. The Kier molecular flexibility index (Phi) is 4.59. The Bertz CT molecular complexity index is 1180. The molecule has 30 heavy (non-hydrogen) atoms. The lowest BCUT2D eigenvalue weighted by Crippen LogP contribution is -2.49. The molecule has 4 aromatic rings. The van der Waals surface area contributed by atoms with Crippen LogP contribution >= 0.6 is 0 Å². The summed E-state index contributed by atoms with van der Waals surface area (Å²) in [5, 5.41) is 5.10. The summed E-state index contributed by atoms with van der Waals surface area (Å²) in [5.41, 5.74) is 3.08.